The highest BCUT2D eigenvalue weighted by molar-refractivity contribution is 5.78. The van der Waals surface area contributed by atoms with Gasteiger partial charge in [-0.15, -0.1) is 0 Å². The molecule has 0 aromatic carbocycles. The summed E-state index contributed by atoms with van der Waals surface area (Å²) in [5, 5.41) is 3.71. The average molecular weight is 890 g/mol. The molecule has 1 amide bonds. The molecular formula is C56H112N4O3. The first-order valence-electron chi connectivity index (χ1n) is 28.6. The zero-order valence-electron chi connectivity index (χ0n) is 43.3. The first kappa shape index (κ1) is 59.8. The number of carbonyl (C=O) groups is 2. The number of hydrogen-bond donors (Lipinski definition) is 1. The van der Waals surface area contributed by atoms with Crippen molar-refractivity contribution in [1.82, 2.24) is 20.0 Å². The Kier molecular flexibility index (Phi) is 44.9. The maximum Gasteiger partial charge on any atom is 0.305 e. The highest BCUT2D eigenvalue weighted by Crippen LogP contribution is 2.22. The minimum atomic E-state index is -0.00404. The Balaban J connectivity index is 2.50. The minimum absolute atomic E-state index is 0.00404. The first-order valence-corrected chi connectivity index (χ1v) is 28.6. The first-order chi connectivity index (χ1) is 31.0. The number of ether oxygens (including phenoxy) is 1. The van der Waals surface area contributed by atoms with E-state index in [1.54, 1.807) is 0 Å². The molecule has 1 saturated heterocycles. The van der Waals surface area contributed by atoms with Crippen molar-refractivity contribution >= 4 is 11.9 Å². The second kappa shape index (κ2) is 47.3. The van der Waals surface area contributed by atoms with E-state index in [9.17, 15) is 9.59 Å². The van der Waals surface area contributed by atoms with Crippen molar-refractivity contribution in [1.29, 1.82) is 0 Å². The maximum absolute atomic E-state index is 13.7. The van der Waals surface area contributed by atoms with E-state index in [1.165, 1.54) is 219 Å². The van der Waals surface area contributed by atoms with E-state index in [4.69, 9.17) is 4.74 Å². The van der Waals surface area contributed by atoms with Crippen LogP contribution in [0.3, 0.4) is 0 Å². The topological polar surface area (TPSA) is 65.1 Å². The fourth-order valence-electron chi connectivity index (χ4n) is 9.52. The Labute approximate surface area is 394 Å². The van der Waals surface area contributed by atoms with Gasteiger partial charge >= 0.3 is 5.97 Å². The van der Waals surface area contributed by atoms with Crippen molar-refractivity contribution in [3.8, 4) is 0 Å². The number of nitrogens with one attached hydrogen (secondary N) is 1. The van der Waals surface area contributed by atoms with Crippen LogP contribution in [0.5, 0.6) is 0 Å². The van der Waals surface area contributed by atoms with Crippen LogP contribution in [-0.4, -0.2) is 98.6 Å². The maximum atomic E-state index is 13.7. The van der Waals surface area contributed by atoms with Gasteiger partial charge in [0.1, 0.15) is 0 Å². The van der Waals surface area contributed by atoms with Gasteiger partial charge in [0.15, 0.2) is 0 Å². The standard InChI is InChI=1S/C56H112N4O3/c1-5-9-13-17-20-21-22-23-24-27-29-35-45-58(46-37-32-33-39-56(62)63-52-38-31-16-12-8-4)48-40-54-41-49-60(50-42-54)55(61)53-59(47-36-30-26-19-15-11-7-3)51-44-57-43-34-28-25-18-14-10-6-2/h54,57H,5-53H2,1-4H3. The predicted molar refractivity (Wildman–Crippen MR) is 275 cm³/mol. The number of hydrogen-bond acceptors (Lipinski definition) is 6. The van der Waals surface area contributed by atoms with Gasteiger partial charge in [0.2, 0.25) is 5.91 Å². The van der Waals surface area contributed by atoms with Crippen LogP contribution in [0.2, 0.25) is 0 Å². The van der Waals surface area contributed by atoms with Crippen LogP contribution in [-0.2, 0) is 14.3 Å². The third kappa shape index (κ3) is 39.7. The van der Waals surface area contributed by atoms with Crippen LogP contribution >= 0.6 is 0 Å². The molecule has 0 aromatic rings. The minimum Gasteiger partial charge on any atom is -0.466 e. The summed E-state index contributed by atoms with van der Waals surface area (Å²) in [6.45, 7) is 19.8. The third-order valence-corrected chi connectivity index (χ3v) is 14.0. The summed E-state index contributed by atoms with van der Waals surface area (Å²) >= 11 is 0. The third-order valence-electron chi connectivity index (χ3n) is 14.0. The lowest BCUT2D eigenvalue weighted by Gasteiger charge is -2.34. The summed E-state index contributed by atoms with van der Waals surface area (Å²) in [4.78, 5) is 33.4. The highest BCUT2D eigenvalue weighted by Gasteiger charge is 2.24. The monoisotopic (exact) mass is 889 g/mol. The summed E-state index contributed by atoms with van der Waals surface area (Å²) in [7, 11) is 0. The SMILES string of the molecule is CCCCCCCCCCCCCCN(CCCCCC(=O)OCCCCCCC)CCC1CCN(C(=O)CN(CCCCCCCCC)CCNCCCCCCCCC)CC1. The van der Waals surface area contributed by atoms with Crippen molar-refractivity contribution < 1.29 is 14.3 Å². The average Bonchev–Trinajstić information content (AvgIpc) is 3.29. The molecule has 0 aliphatic carbocycles. The summed E-state index contributed by atoms with van der Waals surface area (Å²) in [5.74, 6) is 1.07. The lowest BCUT2D eigenvalue weighted by Crippen LogP contribution is -2.46. The molecular weight excluding hydrogens is 777 g/mol. The Morgan fingerprint density at radius 1 is 0.460 bits per heavy atom. The van der Waals surface area contributed by atoms with E-state index < -0.39 is 0 Å². The van der Waals surface area contributed by atoms with Crippen LogP contribution in [0.15, 0.2) is 0 Å². The number of rotatable bonds is 49. The second-order valence-corrected chi connectivity index (χ2v) is 20.1. The van der Waals surface area contributed by atoms with E-state index in [2.05, 4.69) is 47.7 Å². The Morgan fingerprint density at radius 2 is 0.873 bits per heavy atom. The molecule has 0 bridgehead atoms. The molecule has 0 spiro atoms. The molecule has 63 heavy (non-hydrogen) atoms. The van der Waals surface area contributed by atoms with Gasteiger partial charge in [-0.05, 0) is 96.4 Å². The van der Waals surface area contributed by atoms with E-state index in [1.807, 2.05) is 0 Å². The quantitative estimate of drug-likeness (QED) is 0.0485. The molecule has 1 fully saturated rings. The van der Waals surface area contributed by atoms with Crippen LogP contribution in [0, 0.1) is 5.92 Å². The van der Waals surface area contributed by atoms with Crippen LogP contribution in [0.1, 0.15) is 272 Å². The summed E-state index contributed by atoms with van der Waals surface area (Å²) in [6.07, 6.45) is 48.7. The smallest absolute Gasteiger partial charge is 0.305 e. The van der Waals surface area contributed by atoms with Crippen LogP contribution in [0.25, 0.3) is 0 Å². The summed E-state index contributed by atoms with van der Waals surface area (Å²) in [6, 6.07) is 0. The Hall–Kier alpha value is -1.18. The molecule has 0 unspecified atom stereocenters. The van der Waals surface area contributed by atoms with Gasteiger partial charge in [-0.2, -0.15) is 0 Å². The zero-order chi connectivity index (χ0) is 45.5. The fourth-order valence-corrected chi connectivity index (χ4v) is 9.52. The summed E-state index contributed by atoms with van der Waals surface area (Å²) in [5.41, 5.74) is 0. The Morgan fingerprint density at radius 3 is 1.37 bits per heavy atom. The number of piperidine rings is 1. The van der Waals surface area contributed by atoms with Gasteiger partial charge in [-0.1, -0.05) is 207 Å². The van der Waals surface area contributed by atoms with Gasteiger partial charge in [-0.3, -0.25) is 14.5 Å². The predicted octanol–water partition coefficient (Wildman–Crippen LogP) is 15.1. The molecule has 1 heterocycles. The van der Waals surface area contributed by atoms with Gasteiger partial charge < -0.3 is 19.9 Å². The Bertz CT molecular complexity index is 957. The van der Waals surface area contributed by atoms with E-state index in [0.717, 1.165) is 83.8 Å². The second-order valence-electron chi connectivity index (χ2n) is 20.1. The van der Waals surface area contributed by atoms with Crippen molar-refractivity contribution in [3.05, 3.63) is 0 Å². The molecule has 7 nitrogen and oxygen atoms in total. The largest absolute Gasteiger partial charge is 0.466 e. The summed E-state index contributed by atoms with van der Waals surface area (Å²) < 4.78 is 5.52. The van der Waals surface area contributed by atoms with E-state index >= 15 is 0 Å². The molecule has 1 aliphatic heterocycles. The van der Waals surface area contributed by atoms with E-state index in [-0.39, 0.29) is 5.97 Å². The number of unbranched alkanes of at least 4 members (excludes halogenated alkanes) is 29. The van der Waals surface area contributed by atoms with Crippen molar-refractivity contribution in [2.24, 2.45) is 5.92 Å². The van der Waals surface area contributed by atoms with Crippen molar-refractivity contribution in [3.63, 3.8) is 0 Å². The number of carbonyl (C=O) groups excluding carboxylic acids is 2. The fraction of sp³-hybridized carbons (Fsp3) is 0.964. The van der Waals surface area contributed by atoms with Crippen LogP contribution < -0.4 is 5.32 Å². The van der Waals surface area contributed by atoms with Gasteiger partial charge in [-0.25, -0.2) is 0 Å². The van der Waals surface area contributed by atoms with Crippen molar-refractivity contribution in [2.45, 2.75) is 272 Å². The van der Waals surface area contributed by atoms with Gasteiger partial charge in [0, 0.05) is 32.6 Å². The molecule has 1 N–H and O–H groups in total. The molecule has 0 atom stereocenters. The number of nitrogens with zero attached hydrogens (tertiary/aromatic N) is 3. The highest BCUT2D eigenvalue weighted by atomic mass is 16.5. The molecule has 0 aromatic heterocycles. The normalized spacial score (nSPS) is 13.5. The molecule has 0 saturated carbocycles. The zero-order valence-corrected chi connectivity index (χ0v) is 43.3. The number of amides is 1. The molecule has 1 aliphatic rings. The van der Waals surface area contributed by atoms with Gasteiger partial charge in [0.25, 0.3) is 0 Å². The van der Waals surface area contributed by atoms with E-state index in [0.29, 0.717) is 25.5 Å². The lowest BCUT2D eigenvalue weighted by atomic mass is 9.93. The number of esters is 1. The van der Waals surface area contributed by atoms with Gasteiger partial charge in [0.05, 0.1) is 13.2 Å². The molecule has 0 radical (unpaired) electrons. The molecule has 1 rings (SSSR count). The molecule has 374 valence electrons. The molecule has 7 heteroatoms. The van der Waals surface area contributed by atoms with Crippen molar-refractivity contribution in [2.75, 3.05) is 72.1 Å². The number of likely N-dealkylation sites (tertiary alicyclic amines) is 1. The van der Waals surface area contributed by atoms with Crippen LogP contribution in [0.4, 0.5) is 0 Å². The lowest BCUT2D eigenvalue weighted by molar-refractivity contribution is -0.144.